The average molecular weight is 282 g/mol. The minimum atomic E-state index is -6.45. The van der Waals surface area contributed by atoms with Gasteiger partial charge in [0.05, 0.1) is 0 Å². The van der Waals surface area contributed by atoms with Crippen molar-refractivity contribution in [3.05, 3.63) is 0 Å². The van der Waals surface area contributed by atoms with Crippen molar-refractivity contribution in [3.8, 4) is 0 Å². The standard InChI is InChI=1S/C10H13F7O/c1-2-3-4-5-6-7(18)8(11,12)9(13,14)10(15,16)17/h2-6H2,1H3. The molecule has 0 atom stereocenters. The molecular weight excluding hydrogens is 269 g/mol. The zero-order valence-corrected chi connectivity index (χ0v) is 9.59. The summed E-state index contributed by atoms with van der Waals surface area (Å²) in [5.41, 5.74) is 0. The maximum Gasteiger partial charge on any atom is 0.460 e. The van der Waals surface area contributed by atoms with Gasteiger partial charge >= 0.3 is 18.0 Å². The first-order valence-electron chi connectivity index (χ1n) is 5.34. The molecular formula is C10H13F7O. The molecule has 0 saturated heterocycles. The number of hydrogen-bond donors (Lipinski definition) is 0. The first kappa shape index (κ1) is 17.2. The Morgan fingerprint density at radius 2 is 1.39 bits per heavy atom. The van der Waals surface area contributed by atoms with Gasteiger partial charge < -0.3 is 0 Å². The lowest BCUT2D eigenvalue weighted by Gasteiger charge is -2.26. The molecule has 0 heterocycles. The van der Waals surface area contributed by atoms with Gasteiger partial charge in [-0.3, -0.25) is 4.79 Å². The summed E-state index contributed by atoms with van der Waals surface area (Å²) in [6.45, 7) is 1.79. The monoisotopic (exact) mass is 282 g/mol. The Kier molecular flexibility index (Phi) is 5.61. The van der Waals surface area contributed by atoms with Crippen LogP contribution in [0.1, 0.15) is 39.0 Å². The quantitative estimate of drug-likeness (QED) is 0.501. The highest BCUT2D eigenvalue weighted by Gasteiger charge is 2.75. The van der Waals surface area contributed by atoms with Crippen LogP contribution in [0.4, 0.5) is 30.7 Å². The van der Waals surface area contributed by atoms with Crippen LogP contribution in [0.25, 0.3) is 0 Å². The minimum absolute atomic E-state index is 0.129. The lowest BCUT2D eigenvalue weighted by molar-refractivity contribution is -0.343. The molecule has 0 amide bonds. The van der Waals surface area contributed by atoms with E-state index in [-0.39, 0.29) is 6.42 Å². The van der Waals surface area contributed by atoms with Gasteiger partial charge in [0.25, 0.3) is 0 Å². The van der Waals surface area contributed by atoms with Crippen LogP contribution in [0.15, 0.2) is 0 Å². The SMILES string of the molecule is CCCCCCC(=O)C(F)(F)C(F)(F)C(F)(F)F. The van der Waals surface area contributed by atoms with Crippen LogP contribution in [-0.4, -0.2) is 23.8 Å². The number of halogens is 7. The molecule has 0 aliphatic rings. The molecule has 0 bridgehead atoms. The van der Waals surface area contributed by atoms with Gasteiger partial charge in [-0.15, -0.1) is 0 Å². The maximum absolute atomic E-state index is 12.8. The molecule has 0 rings (SSSR count). The molecule has 0 spiro atoms. The summed E-state index contributed by atoms with van der Waals surface area (Å²) in [6, 6.07) is 0. The lowest BCUT2D eigenvalue weighted by Crippen LogP contribution is -2.56. The van der Waals surface area contributed by atoms with E-state index in [0.29, 0.717) is 19.3 Å². The fourth-order valence-corrected chi connectivity index (χ4v) is 1.22. The Balaban J connectivity index is 4.67. The molecule has 1 nitrogen and oxygen atoms in total. The number of carbonyl (C=O) groups is 1. The van der Waals surface area contributed by atoms with Gasteiger partial charge in [-0.25, -0.2) is 0 Å². The summed E-state index contributed by atoms with van der Waals surface area (Å²) < 4.78 is 85.7. The van der Waals surface area contributed by atoms with Crippen LogP contribution in [0.3, 0.4) is 0 Å². The third kappa shape index (κ3) is 3.58. The molecule has 0 unspecified atom stereocenters. The average Bonchev–Trinajstić information content (AvgIpc) is 2.22. The molecule has 0 aliphatic heterocycles. The number of unbranched alkanes of at least 4 members (excludes halogenated alkanes) is 3. The highest BCUT2D eigenvalue weighted by molar-refractivity contribution is 5.86. The van der Waals surface area contributed by atoms with Crippen LogP contribution in [0.2, 0.25) is 0 Å². The van der Waals surface area contributed by atoms with Gasteiger partial charge in [-0.1, -0.05) is 26.2 Å². The summed E-state index contributed by atoms with van der Waals surface area (Å²) in [5.74, 6) is -14.4. The van der Waals surface area contributed by atoms with Gasteiger partial charge in [0.1, 0.15) is 0 Å². The summed E-state index contributed by atoms with van der Waals surface area (Å²) in [5, 5.41) is 0. The van der Waals surface area contributed by atoms with Gasteiger partial charge in [-0.05, 0) is 6.42 Å². The Morgan fingerprint density at radius 3 is 1.78 bits per heavy atom. The summed E-state index contributed by atoms with van der Waals surface area (Å²) in [6.07, 6.45) is -5.93. The van der Waals surface area contributed by atoms with E-state index in [1.165, 1.54) is 0 Å². The number of hydrogen-bond acceptors (Lipinski definition) is 1. The van der Waals surface area contributed by atoms with Crippen molar-refractivity contribution in [3.63, 3.8) is 0 Å². The number of alkyl halides is 7. The Morgan fingerprint density at radius 1 is 0.889 bits per heavy atom. The Labute approximate surface area is 99.3 Å². The zero-order valence-electron chi connectivity index (χ0n) is 9.59. The van der Waals surface area contributed by atoms with Gasteiger partial charge in [0.15, 0.2) is 0 Å². The number of ketones is 1. The van der Waals surface area contributed by atoms with E-state index < -0.39 is 30.2 Å². The van der Waals surface area contributed by atoms with Crippen LogP contribution >= 0.6 is 0 Å². The van der Waals surface area contributed by atoms with E-state index in [1.807, 2.05) is 0 Å². The van der Waals surface area contributed by atoms with Crippen molar-refractivity contribution >= 4 is 5.78 Å². The summed E-state index contributed by atoms with van der Waals surface area (Å²) in [4.78, 5) is 10.8. The third-order valence-electron chi connectivity index (χ3n) is 2.36. The number of Topliss-reactive ketones (excluding diaryl/α,β-unsaturated/α-hetero) is 1. The second-order valence-electron chi connectivity index (χ2n) is 3.88. The number of carbonyl (C=O) groups excluding carboxylic acids is 1. The van der Waals surface area contributed by atoms with Crippen LogP contribution < -0.4 is 0 Å². The van der Waals surface area contributed by atoms with Gasteiger partial charge in [0, 0.05) is 6.42 Å². The maximum atomic E-state index is 12.8. The topological polar surface area (TPSA) is 17.1 Å². The fourth-order valence-electron chi connectivity index (χ4n) is 1.22. The number of rotatable bonds is 7. The molecule has 0 saturated carbocycles. The molecule has 0 fully saturated rings. The second-order valence-corrected chi connectivity index (χ2v) is 3.88. The summed E-state index contributed by atoms with van der Waals surface area (Å²) >= 11 is 0. The van der Waals surface area contributed by atoms with Gasteiger partial charge in [0.2, 0.25) is 5.78 Å². The first-order chi connectivity index (χ1) is 7.98. The lowest BCUT2D eigenvalue weighted by atomic mass is 10.0. The molecule has 18 heavy (non-hydrogen) atoms. The molecule has 0 aromatic rings. The van der Waals surface area contributed by atoms with Crippen LogP contribution in [0, 0.1) is 0 Å². The fraction of sp³-hybridized carbons (Fsp3) is 0.900. The molecule has 0 aliphatic carbocycles. The Hall–Kier alpha value is -0.820. The van der Waals surface area contributed by atoms with Crippen molar-refractivity contribution < 1.29 is 35.5 Å². The molecule has 108 valence electrons. The van der Waals surface area contributed by atoms with Crippen molar-refractivity contribution in [2.45, 2.75) is 57.0 Å². The normalized spacial score (nSPS) is 13.8. The van der Waals surface area contributed by atoms with E-state index in [9.17, 15) is 35.5 Å². The summed E-state index contributed by atoms with van der Waals surface area (Å²) in [7, 11) is 0. The highest BCUT2D eigenvalue weighted by atomic mass is 19.4. The molecule has 0 radical (unpaired) electrons. The smallest absolute Gasteiger partial charge is 0.293 e. The van der Waals surface area contributed by atoms with Gasteiger partial charge in [-0.2, -0.15) is 30.7 Å². The largest absolute Gasteiger partial charge is 0.460 e. The first-order valence-corrected chi connectivity index (χ1v) is 5.34. The molecule has 8 heteroatoms. The molecule has 0 aromatic heterocycles. The van der Waals surface area contributed by atoms with Crippen molar-refractivity contribution in [2.75, 3.05) is 0 Å². The predicted octanol–water partition coefficient (Wildman–Crippen LogP) is 4.36. The minimum Gasteiger partial charge on any atom is -0.293 e. The predicted molar refractivity (Wildman–Crippen MR) is 49.7 cm³/mol. The second kappa shape index (κ2) is 5.88. The van der Waals surface area contributed by atoms with Crippen molar-refractivity contribution in [1.82, 2.24) is 0 Å². The highest BCUT2D eigenvalue weighted by Crippen LogP contribution is 2.47. The van der Waals surface area contributed by atoms with E-state index >= 15 is 0 Å². The van der Waals surface area contributed by atoms with Crippen molar-refractivity contribution in [1.29, 1.82) is 0 Å². The van der Waals surface area contributed by atoms with E-state index in [2.05, 4.69) is 0 Å². The van der Waals surface area contributed by atoms with E-state index in [1.54, 1.807) is 6.92 Å². The molecule has 0 N–H and O–H groups in total. The van der Waals surface area contributed by atoms with Crippen LogP contribution in [0.5, 0.6) is 0 Å². The van der Waals surface area contributed by atoms with Crippen molar-refractivity contribution in [2.24, 2.45) is 0 Å². The Bertz CT molecular complexity index is 282. The van der Waals surface area contributed by atoms with E-state index in [0.717, 1.165) is 0 Å². The third-order valence-corrected chi connectivity index (χ3v) is 2.36. The molecule has 0 aromatic carbocycles. The van der Waals surface area contributed by atoms with Crippen LogP contribution in [-0.2, 0) is 4.79 Å². The van der Waals surface area contributed by atoms with E-state index in [4.69, 9.17) is 0 Å². The zero-order chi connectivity index (χ0) is 14.6.